The van der Waals surface area contributed by atoms with Gasteiger partial charge in [0.25, 0.3) is 0 Å². The van der Waals surface area contributed by atoms with E-state index in [1.54, 1.807) is 6.92 Å². The van der Waals surface area contributed by atoms with Crippen LogP contribution in [0.25, 0.3) is 0 Å². The number of sulfone groups is 1. The zero-order valence-corrected chi connectivity index (χ0v) is 13.3. The van der Waals surface area contributed by atoms with Crippen molar-refractivity contribution in [1.29, 1.82) is 0 Å². The first-order chi connectivity index (χ1) is 9.84. The number of carbonyl (C=O) groups is 1. The minimum atomic E-state index is -3.08. The van der Waals surface area contributed by atoms with E-state index in [0.717, 1.165) is 0 Å². The van der Waals surface area contributed by atoms with Gasteiger partial charge in [0.05, 0.1) is 18.1 Å². The molecule has 7 nitrogen and oxygen atoms in total. The third-order valence-electron chi connectivity index (χ3n) is 3.61. The topological polar surface area (TPSA) is 102 Å². The molecular formula is C13H21N3O4S. The number of nitrogens with one attached hydrogen (secondary N) is 1. The highest BCUT2D eigenvalue weighted by molar-refractivity contribution is 7.91. The number of nitrogens with zero attached hydrogens (tertiary/aromatic N) is 2. The summed E-state index contributed by atoms with van der Waals surface area (Å²) < 4.78 is 28.4. The first-order valence-corrected chi connectivity index (χ1v) is 8.95. The van der Waals surface area contributed by atoms with E-state index in [0.29, 0.717) is 18.1 Å². The summed E-state index contributed by atoms with van der Waals surface area (Å²) in [7, 11) is -3.08. The van der Waals surface area contributed by atoms with Gasteiger partial charge in [0.2, 0.25) is 0 Å². The second-order valence-corrected chi connectivity index (χ2v) is 7.86. The Labute approximate surface area is 124 Å². The van der Waals surface area contributed by atoms with Gasteiger partial charge in [-0.15, -0.1) is 0 Å². The van der Waals surface area contributed by atoms with Gasteiger partial charge in [-0.1, -0.05) is 13.8 Å². The lowest BCUT2D eigenvalue weighted by Crippen LogP contribution is -2.26. The Morgan fingerprint density at radius 1 is 1.48 bits per heavy atom. The highest BCUT2D eigenvalue weighted by atomic mass is 32.2. The minimum absolute atomic E-state index is 0.00576. The lowest BCUT2D eigenvalue weighted by atomic mass is 9.91. The quantitative estimate of drug-likeness (QED) is 0.814. The number of ether oxygens (including phenoxy) is 1. The molecule has 0 saturated carbocycles. The summed E-state index contributed by atoms with van der Waals surface area (Å²) >= 11 is 0. The summed E-state index contributed by atoms with van der Waals surface area (Å²) in [6, 6.07) is 0. The molecule has 0 aromatic carbocycles. The fourth-order valence-corrected chi connectivity index (χ4v) is 4.37. The molecule has 2 heterocycles. The van der Waals surface area contributed by atoms with Crippen molar-refractivity contribution < 1.29 is 17.9 Å². The molecule has 1 N–H and O–H groups in total. The average Bonchev–Trinajstić information content (AvgIpc) is 2.98. The van der Waals surface area contributed by atoms with Crippen LogP contribution in [0.1, 0.15) is 50.7 Å². The van der Waals surface area contributed by atoms with Crippen LogP contribution in [0.3, 0.4) is 0 Å². The molecule has 1 aromatic heterocycles. The number of hydrogen-bond donors (Lipinski definition) is 1. The maximum Gasteiger partial charge on any atom is 0.316 e. The molecule has 2 rings (SSSR count). The van der Waals surface area contributed by atoms with Crippen LogP contribution in [0.2, 0.25) is 0 Å². The van der Waals surface area contributed by atoms with Gasteiger partial charge in [0, 0.05) is 5.92 Å². The van der Waals surface area contributed by atoms with Crippen molar-refractivity contribution in [3.8, 4) is 0 Å². The lowest BCUT2D eigenvalue weighted by molar-refractivity contribution is -0.146. The zero-order valence-electron chi connectivity index (χ0n) is 12.5. The fraction of sp³-hybridized carbons (Fsp3) is 0.769. The SMILES string of the molecule is CCOC(=O)C(c1nc(C(C)C)n[nH]1)C1CCS(=O)(=O)C1. The predicted octanol–water partition coefficient (Wildman–Crippen LogP) is 1.01. The maximum absolute atomic E-state index is 12.2. The molecule has 1 aliphatic rings. The molecule has 1 fully saturated rings. The molecule has 0 radical (unpaired) electrons. The van der Waals surface area contributed by atoms with E-state index >= 15 is 0 Å². The van der Waals surface area contributed by atoms with Crippen LogP contribution in [-0.2, 0) is 19.4 Å². The molecule has 1 aliphatic heterocycles. The number of aromatic nitrogens is 3. The van der Waals surface area contributed by atoms with Crippen LogP contribution in [0.15, 0.2) is 0 Å². The number of esters is 1. The van der Waals surface area contributed by atoms with Crippen LogP contribution in [0, 0.1) is 5.92 Å². The highest BCUT2D eigenvalue weighted by Gasteiger charge is 2.41. The van der Waals surface area contributed by atoms with E-state index in [1.165, 1.54) is 0 Å². The van der Waals surface area contributed by atoms with Gasteiger partial charge in [0.1, 0.15) is 11.7 Å². The third-order valence-corrected chi connectivity index (χ3v) is 5.40. The second-order valence-electron chi connectivity index (χ2n) is 5.63. The smallest absolute Gasteiger partial charge is 0.316 e. The maximum atomic E-state index is 12.2. The number of hydrogen-bond acceptors (Lipinski definition) is 6. The summed E-state index contributed by atoms with van der Waals surface area (Å²) in [5.74, 6) is -0.188. The van der Waals surface area contributed by atoms with Crippen LogP contribution < -0.4 is 0 Å². The van der Waals surface area contributed by atoms with E-state index in [2.05, 4.69) is 15.2 Å². The molecule has 1 aromatic rings. The van der Waals surface area contributed by atoms with Crippen molar-refractivity contribution in [2.24, 2.45) is 5.92 Å². The highest BCUT2D eigenvalue weighted by Crippen LogP contribution is 2.33. The predicted molar refractivity (Wildman–Crippen MR) is 76.6 cm³/mol. The van der Waals surface area contributed by atoms with Gasteiger partial charge >= 0.3 is 5.97 Å². The second kappa shape index (κ2) is 6.13. The lowest BCUT2D eigenvalue weighted by Gasteiger charge is -2.18. The largest absolute Gasteiger partial charge is 0.465 e. The van der Waals surface area contributed by atoms with Gasteiger partial charge in [-0.05, 0) is 19.3 Å². The third kappa shape index (κ3) is 3.61. The molecule has 0 spiro atoms. The standard InChI is InChI=1S/C13H21N3O4S/c1-4-20-13(17)10(9-5-6-21(18,19)7-9)12-14-11(8(2)3)15-16-12/h8-10H,4-7H2,1-3H3,(H,14,15,16). The number of H-pyrrole nitrogens is 1. The van der Waals surface area contributed by atoms with E-state index in [-0.39, 0.29) is 29.9 Å². The van der Waals surface area contributed by atoms with Crippen molar-refractivity contribution in [2.45, 2.75) is 39.0 Å². The molecule has 0 amide bonds. The van der Waals surface area contributed by atoms with Crippen molar-refractivity contribution in [2.75, 3.05) is 18.1 Å². The Morgan fingerprint density at radius 2 is 2.19 bits per heavy atom. The Kier molecular flexibility index (Phi) is 4.65. The molecular weight excluding hydrogens is 294 g/mol. The molecule has 1 saturated heterocycles. The minimum Gasteiger partial charge on any atom is -0.465 e. The molecule has 0 bridgehead atoms. The molecule has 0 aliphatic carbocycles. The molecule has 8 heteroatoms. The molecule has 2 unspecified atom stereocenters. The normalized spacial score (nSPS) is 22.4. The zero-order chi connectivity index (χ0) is 15.6. The Hall–Kier alpha value is -1.44. The van der Waals surface area contributed by atoms with Gasteiger partial charge in [0.15, 0.2) is 15.7 Å². The van der Waals surface area contributed by atoms with Crippen molar-refractivity contribution in [1.82, 2.24) is 15.2 Å². The van der Waals surface area contributed by atoms with Crippen molar-refractivity contribution in [3.63, 3.8) is 0 Å². The molecule has 21 heavy (non-hydrogen) atoms. The Morgan fingerprint density at radius 3 is 2.67 bits per heavy atom. The number of rotatable bonds is 5. The Balaban J connectivity index is 2.29. The van der Waals surface area contributed by atoms with Gasteiger partial charge < -0.3 is 4.74 Å². The summed E-state index contributed by atoms with van der Waals surface area (Å²) in [5.41, 5.74) is 0. The van der Waals surface area contributed by atoms with Crippen LogP contribution >= 0.6 is 0 Å². The first kappa shape index (κ1) is 15.9. The van der Waals surface area contributed by atoms with Crippen LogP contribution in [-0.4, -0.2) is 47.7 Å². The monoisotopic (exact) mass is 315 g/mol. The van der Waals surface area contributed by atoms with Gasteiger partial charge in [-0.2, -0.15) is 5.10 Å². The summed E-state index contributed by atoms with van der Waals surface area (Å²) in [6.07, 6.45) is 0.448. The van der Waals surface area contributed by atoms with E-state index in [9.17, 15) is 13.2 Å². The van der Waals surface area contributed by atoms with E-state index in [1.807, 2.05) is 13.8 Å². The van der Waals surface area contributed by atoms with Crippen LogP contribution in [0.4, 0.5) is 0 Å². The molecule has 2 atom stereocenters. The fourth-order valence-electron chi connectivity index (χ4n) is 2.53. The van der Waals surface area contributed by atoms with Crippen molar-refractivity contribution >= 4 is 15.8 Å². The van der Waals surface area contributed by atoms with Crippen molar-refractivity contribution in [3.05, 3.63) is 11.6 Å². The number of aromatic amines is 1. The summed E-state index contributed by atoms with van der Waals surface area (Å²) in [6.45, 7) is 5.87. The van der Waals surface area contributed by atoms with E-state index < -0.39 is 21.7 Å². The molecule has 118 valence electrons. The van der Waals surface area contributed by atoms with Crippen LogP contribution in [0.5, 0.6) is 0 Å². The Bertz CT molecular complexity index is 609. The van der Waals surface area contributed by atoms with Gasteiger partial charge in [-0.25, -0.2) is 13.4 Å². The summed E-state index contributed by atoms with van der Waals surface area (Å²) in [4.78, 5) is 16.6. The number of carbonyl (C=O) groups excluding carboxylic acids is 1. The summed E-state index contributed by atoms with van der Waals surface area (Å²) in [5, 5.41) is 6.87. The average molecular weight is 315 g/mol. The van der Waals surface area contributed by atoms with E-state index in [4.69, 9.17) is 4.74 Å². The van der Waals surface area contributed by atoms with Gasteiger partial charge in [-0.3, -0.25) is 9.89 Å². The first-order valence-electron chi connectivity index (χ1n) is 7.13.